The summed E-state index contributed by atoms with van der Waals surface area (Å²) in [6, 6.07) is 22.1. The molecule has 0 aliphatic carbocycles. The van der Waals surface area contributed by atoms with Crippen molar-refractivity contribution in [2.45, 2.75) is 54.3 Å². The minimum absolute atomic E-state index is 0.0975. The van der Waals surface area contributed by atoms with Crippen LogP contribution >= 0.6 is 11.6 Å². The maximum absolute atomic E-state index is 8.69. The predicted molar refractivity (Wildman–Crippen MR) is 166 cm³/mol. The third kappa shape index (κ3) is 11.4. The Morgan fingerprint density at radius 3 is 2.03 bits per heavy atom. The summed E-state index contributed by atoms with van der Waals surface area (Å²) in [6.07, 6.45) is 8.81. The van der Waals surface area contributed by atoms with E-state index in [1.807, 2.05) is 74.5 Å². The number of aliphatic hydroxyl groups excluding tert-OH is 1. The third-order valence-corrected chi connectivity index (χ3v) is 6.36. The Balaban J connectivity index is 0.000000455. The molecule has 0 atom stereocenters. The van der Waals surface area contributed by atoms with Gasteiger partial charge in [-0.2, -0.15) is 0 Å². The molecule has 206 valence electrons. The quantitative estimate of drug-likeness (QED) is 0.244. The van der Waals surface area contributed by atoms with Gasteiger partial charge in [0.25, 0.3) is 0 Å². The van der Waals surface area contributed by atoms with Gasteiger partial charge in [0.05, 0.1) is 6.61 Å². The fraction of sp³-hybridized carbons (Fsp3) is 0.257. The molecule has 0 spiro atoms. The van der Waals surface area contributed by atoms with Crippen LogP contribution in [0.5, 0.6) is 11.5 Å². The van der Waals surface area contributed by atoms with E-state index in [4.69, 9.17) is 26.2 Å². The smallest absolute Gasteiger partial charge is 0.124 e. The van der Waals surface area contributed by atoms with E-state index in [-0.39, 0.29) is 6.61 Å². The molecule has 3 rings (SSSR count). The Morgan fingerprint density at radius 1 is 0.897 bits per heavy atom. The first-order valence-electron chi connectivity index (χ1n) is 13.2. The zero-order chi connectivity index (χ0) is 28.6. The van der Waals surface area contributed by atoms with E-state index in [9.17, 15) is 0 Å². The van der Waals surface area contributed by atoms with Crippen molar-refractivity contribution in [3.63, 3.8) is 0 Å². The van der Waals surface area contributed by atoms with Gasteiger partial charge in [0.2, 0.25) is 0 Å². The van der Waals surface area contributed by atoms with E-state index in [0.717, 1.165) is 40.2 Å². The summed E-state index contributed by atoms with van der Waals surface area (Å²) in [6.45, 7) is 14.9. The molecule has 0 aliphatic rings. The monoisotopic (exact) mass is 544 g/mol. The number of allylic oxidation sites excluding steroid dienone is 5. The largest absolute Gasteiger partial charge is 0.489 e. The first kappa shape index (κ1) is 31.7. The summed E-state index contributed by atoms with van der Waals surface area (Å²) in [5.41, 5.74) is 7.58. The van der Waals surface area contributed by atoms with Gasteiger partial charge < -0.3 is 14.6 Å². The van der Waals surface area contributed by atoms with Gasteiger partial charge in [0.15, 0.2) is 0 Å². The Kier molecular flexibility index (Phi) is 13.9. The average Bonchev–Trinajstić information content (AvgIpc) is 2.93. The molecule has 0 saturated carbocycles. The molecule has 3 aromatic carbocycles. The van der Waals surface area contributed by atoms with Crippen molar-refractivity contribution in [3.05, 3.63) is 136 Å². The van der Waals surface area contributed by atoms with Crippen molar-refractivity contribution in [1.82, 2.24) is 0 Å². The van der Waals surface area contributed by atoms with Crippen LogP contribution < -0.4 is 9.47 Å². The second kappa shape index (κ2) is 17.1. The second-order valence-corrected chi connectivity index (χ2v) is 9.69. The van der Waals surface area contributed by atoms with Crippen molar-refractivity contribution in [1.29, 1.82) is 0 Å². The van der Waals surface area contributed by atoms with Gasteiger partial charge in [0, 0.05) is 16.7 Å². The van der Waals surface area contributed by atoms with Crippen molar-refractivity contribution < 1.29 is 14.6 Å². The van der Waals surface area contributed by atoms with Gasteiger partial charge in [-0.15, -0.1) is 0 Å². The van der Waals surface area contributed by atoms with Crippen LogP contribution in [-0.2, 0) is 13.2 Å². The number of aryl methyl sites for hydroxylation is 1. The number of aliphatic hydroxyl groups is 1. The van der Waals surface area contributed by atoms with Gasteiger partial charge in [-0.3, -0.25) is 0 Å². The molecule has 0 saturated heterocycles. The summed E-state index contributed by atoms with van der Waals surface area (Å²) in [5, 5.41) is 9.40. The lowest BCUT2D eigenvalue weighted by atomic mass is 10.1. The normalized spacial score (nSPS) is 11.7. The molecular weight excluding hydrogens is 504 g/mol. The van der Waals surface area contributed by atoms with Crippen LogP contribution in [-0.4, -0.2) is 11.7 Å². The molecule has 4 heteroatoms. The molecule has 0 aromatic heterocycles. The molecule has 0 radical (unpaired) electrons. The maximum atomic E-state index is 8.69. The van der Waals surface area contributed by atoms with Crippen molar-refractivity contribution in [3.8, 4) is 11.5 Å². The highest BCUT2D eigenvalue weighted by molar-refractivity contribution is 6.31. The van der Waals surface area contributed by atoms with Crippen molar-refractivity contribution in [2.24, 2.45) is 0 Å². The number of rotatable bonds is 11. The van der Waals surface area contributed by atoms with E-state index in [1.54, 1.807) is 0 Å². The van der Waals surface area contributed by atoms with E-state index in [1.165, 1.54) is 16.7 Å². The fourth-order valence-electron chi connectivity index (χ4n) is 3.59. The Hall–Kier alpha value is -3.53. The summed E-state index contributed by atoms with van der Waals surface area (Å²) in [5.74, 6) is 1.56. The highest BCUT2D eigenvalue weighted by Crippen LogP contribution is 2.29. The van der Waals surface area contributed by atoms with E-state index >= 15 is 0 Å². The number of halogens is 1. The summed E-state index contributed by atoms with van der Waals surface area (Å²) < 4.78 is 12.2. The Bertz CT molecular complexity index is 1230. The number of hydrogen-bond acceptors (Lipinski definition) is 3. The average molecular weight is 545 g/mol. The van der Waals surface area contributed by atoms with Crippen molar-refractivity contribution in [2.75, 3.05) is 6.61 Å². The van der Waals surface area contributed by atoms with Crippen LogP contribution in [0.3, 0.4) is 0 Å². The molecular formula is C35H41ClO3. The summed E-state index contributed by atoms with van der Waals surface area (Å²) in [7, 11) is 0. The van der Waals surface area contributed by atoms with Gasteiger partial charge in [-0.1, -0.05) is 97.4 Å². The lowest BCUT2D eigenvalue weighted by Gasteiger charge is -2.14. The Labute approximate surface area is 239 Å². The maximum Gasteiger partial charge on any atom is 0.124 e. The molecule has 3 nitrogen and oxygen atoms in total. The fourth-order valence-corrected chi connectivity index (χ4v) is 3.78. The number of ether oxygens (including phenoxy) is 2. The molecule has 39 heavy (non-hydrogen) atoms. The highest BCUT2D eigenvalue weighted by atomic mass is 35.5. The Morgan fingerprint density at radius 2 is 1.49 bits per heavy atom. The van der Waals surface area contributed by atoms with Gasteiger partial charge in [-0.05, 0) is 80.2 Å². The van der Waals surface area contributed by atoms with Crippen LogP contribution in [0.2, 0.25) is 5.02 Å². The van der Waals surface area contributed by atoms with Crippen LogP contribution in [0.4, 0.5) is 0 Å². The zero-order valence-corrected chi connectivity index (χ0v) is 24.6. The zero-order valence-electron chi connectivity index (χ0n) is 23.8. The van der Waals surface area contributed by atoms with Crippen LogP contribution in [0.15, 0.2) is 109 Å². The molecule has 1 N–H and O–H groups in total. The molecule has 0 aliphatic heterocycles. The number of benzene rings is 3. The van der Waals surface area contributed by atoms with Gasteiger partial charge >= 0.3 is 0 Å². The molecule has 0 fully saturated rings. The van der Waals surface area contributed by atoms with Gasteiger partial charge in [0.1, 0.15) is 24.7 Å². The van der Waals surface area contributed by atoms with Gasteiger partial charge in [-0.25, -0.2) is 0 Å². The van der Waals surface area contributed by atoms with E-state index < -0.39 is 0 Å². The first-order chi connectivity index (χ1) is 18.8. The molecule has 0 bridgehead atoms. The lowest BCUT2D eigenvalue weighted by molar-refractivity contribution is 0.289. The molecule has 0 amide bonds. The van der Waals surface area contributed by atoms with E-state index in [0.29, 0.717) is 18.2 Å². The van der Waals surface area contributed by atoms with Crippen LogP contribution in [0.1, 0.15) is 56.4 Å². The summed E-state index contributed by atoms with van der Waals surface area (Å²) >= 11 is 6.26. The summed E-state index contributed by atoms with van der Waals surface area (Å²) in [4.78, 5) is 0. The van der Waals surface area contributed by atoms with Crippen LogP contribution in [0.25, 0.3) is 5.57 Å². The molecule has 0 heterocycles. The third-order valence-electron chi connectivity index (χ3n) is 5.99. The minimum atomic E-state index is 0.0975. The first-order valence-corrected chi connectivity index (χ1v) is 13.6. The van der Waals surface area contributed by atoms with E-state index in [2.05, 4.69) is 57.7 Å². The van der Waals surface area contributed by atoms with Crippen molar-refractivity contribution >= 4 is 17.2 Å². The molecule has 3 aromatic rings. The molecule has 0 unspecified atom stereocenters. The topological polar surface area (TPSA) is 38.7 Å². The highest BCUT2D eigenvalue weighted by Gasteiger charge is 2.08. The SMILES string of the molecule is C=C(C)/C=C\C(=C/C)CO.CC/C=C(/C)c1cc(OCc2ccccc2C)cc(OCc2ccccc2Cl)c1. The standard InChI is InChI=1S/C26H27ClO2.C9H14O/c1-4-9-19(2)23-14-24(28-17-21-11-6-5-10-20(21)3)16-25(15-23)29-18-22-12-7-8-13-26(22)27;1-4-9(7-10)6-5-8(2)3/h5-16H,4,17-18H2,1-3H3;4-6,10H,2,7H2,1,3H3/b19-9-;6-5-,9-4+. The second-order valence-electron chi connectivity index (χ2n) is 9.29. The predicted octanol–water partition coefficient (Wildman–Crippen LogP) is 9.68. The number of hydrogen-bond donors (Lipinski definition) is 1. The minimum Gasteiger partial charge on any atom is -0.489 e. The van der Waals surface area contributed by atoms with Crippen LogP contribution in [0, 0.1) is 6.92 Å². The lowest BCUT2D eigenvalue weighted by Crippen LogP contribution is -2.00.